The van der Waals surface area contributed by atoms with E-state index in [1.807, 2.05) is 0 Å². The molecular weight excluding hydrogens is 216 g/mol. The van der Waals surface area contributed by atoms with Crippen molar-refractivity contribution in [3.8, 4) is 0 Å². The number of hydrogen-bond donors (Lipinski definition) is 2. The summed E-state index contributed by atoms with van der Waals surface area (Å²) in [6.45, 7) is 1.88. The van der Waals surface area contributed by atoms with E-state index in [-0.39, 0.29) is 13.1 Å². The summed E-state index contributed by atoms with van der Waals surface area (Å²) in [4.78, 5) is 0. The molecule has 0 amide bonds. The van der Waals surface area contributed by atoms with Crippen LogP contribution in [0.15, 0.2) is 12.3 Å². The Morgan fingerprint density at radius 3 is 2.80 bits per heavy atom. The van der Waals surface area contributed by atoms with Gasteiger partial charge in [0, 0.05) is 19.8 Å². The molecule has 0 spiro atoms. The lowest BCUT2D eigenvalue weighted by Gasteiger charge is -2.10. The van der Waals surface area contributed by atoms with Crippen molar-refractivity contribution >= 4 is 10.0 Å². The van der Waals surface area contributed by atoms with Crippen LogP contribution in [0.25, 0.3) is 0 Å². The summed E-state index contributed by atoms with van der Waals surface area (Å²) in [6, 6.07) is 1.76. The lowest BCUT2D eigenvalue weighted by molar-refractivity contribution is 0.567. The van der Waals surface area contributed by atoms with E-state index in [0.29, 0.717) is 5.69 Å². The van der Waals surface area contributed by atoms with Gasteiger partial charge in [-0.05, 0) is 13.0 Å². The fourth-order valence-electron chi connectivity index (χ4n) is 1.00. The molecule has 0 saturated carbocycles. The molecule has 1 aromatic heterocycles. The lowest BCUT2D eigenvalue weighted by Crippen LogP contribution is -2.36. The molecule has 7 heteroatoms. The molecule has 1 unspecified atom stereocenters. The van der Waals surface area contributed by atoms with Crippen molar-refractivity contribution < 1.29 is 8.42 Å². The maximum Gasteiger partial charge on any atom is 0.215 e. The van der Waals surface area contributed by atoms with E-state index in [2.05, 4.69) is 9.82 Å². The molecule has 0 fully saturated rings. The van der Waals surface area contributed by atoms with Crippen molar-refractivity contribution in [3.05, 3.63) is 18.0 Å². The van der Waals surface area contributed by atoms with Gasteiger partial charge < -0.3 is 5.73 Å². The summed E-state index contributed by atoms with van der Waals surface area (Å²) in [5.74, 6) is 0. The van der Waals surface area contributed by atoms with Gasteiger partial charge in [0.25, 0.3) is 0 Å². The highest BCUT2D eigenvalue weighted by molar-refractivity contribution is 7.90. The number of rotatable bonds is 5. The molecule has 0 aliphatic rings. The van der Waals surface area contributed by atoms with E-state index in [9.17, 15) is 8.42 Å². The summed E-state index contributed by atoms with van der Waals surface area (Å²) in [5.41, 5.74) is 5.98. The number of aromatic nitrogens is 2. The Bertz CT molecular complexity index is 412. The summed E-state index contributed by atoms with van der Waals surface area (Å²) < 4.78 is 27.1. The second-order valence-corrected chi connectivity index (χ2v) is 5.58. The van der Waals surface area contributed by atoms with E-state index >= 15 is 0 Å². The first-order valence-corrected chi connectivity index (χ1v) is 6.17. The predicted octanol–water partition coefficient (Wildman–Crippen LogP) is -0.813. The minimum atomic E-state index is -3.32. The van der Waals surface area contributed by atoms with Crippen LogP contribution in [-0.4, -0.2) is 30.0 Å². The van der Waals surface area contributed by atoms with Crippen molar-refractivity contribution in [3.63, 3.8) is 0 Å². The first-order valence-electron chi connectivity index (χ1n) is 4.63. The summed E-state index contributed by atoms with van der Waals surface area (Å²) in [7, 11) is -1.55. The van der Waals surface area contributed by atoms with Gasteiger partial charge in [-0.15, -0.1) is 0 Å². The van der Waals surface area contributed by atoms with Gasteiger partial charge in [-0.25, -0.2) is 13.1 Å². The molecule has 0 bridgehead atoms. The van der Waals surface area contributed by atoms with Crippen LogP contribution in [0.5, 0.6) is 0 Å². The summed E-state index contributed by atoms with van der Waals surface area (Å²) in [5, 5.41) is 3.48. The van der Waals surface area contributed by atoms with E-state index in [4.69, 9.17) is 5.73 Å². The highest BCUT2D eigenvalue weighted by atomic mass is 32.2. The number of sulfonamides is 1. The van der Waals surface area contributed by atoms with E-state index in [1.54, 1.807) is 30.9 Å². The fourth-order valence-corrected chi connectivity index (χ4v) is 1.89. The molecule has 15 heavy (non-hydrogen) atoms. The normalized spacial score (nSPS) is 14.1. The molecule has 1 atom stereocenters. The third kappa shape index (κ3) is 3.29. The Morgan fingerprint density at radius 2 is 2.33 bits per heavy atom. The SMILES string of the molecule is CC(CN)S(=O)(=O)NCc1ccn(C)n1. The van der Waals surface area contributed by atoms with Crippen molar-refractivity contribution in [2.45, 2.75) is 18.7 Å². The minimum absolute atomic E-state index is 0.109. The molecular formula is C8H16N4O2S. The van der Waals surface area contributed by atoms with Gasteiger partial charge in [0.2, 0.25) is 10.0 Å². The average molecular weight is 232 g/mol. The van der Waals surface area contributed by atoms with Crippen LogP contribution in [0.1, 0.15) is 12.6 Å². The molecule has 6 nitrogen and oxygen atoms in total. The fraction of sp³-hybridized carbons (Fsp3) is 0.625. The summed E-state index contributed by atoms with van der Waals surface area (Å²) >= 11 is 0. The van der Waals surface area contributed by atoms with Crippen molar-refractivity contribution in [2.75, 3.05) is 6.54 Å². The quantitative estimate of drug-likeness (QED) is 0.694. The third-order valence-corrected chi connectivity index (χ3v) is 3.88. The Labute approximate surface area is 89.5 Å². The Hall–Kier alpha value is -0.920. The standard InChI is InChI=1S/C8H16N4O2S/c1-7(5-9)15(13,14)10-6-8-3-4-12(2)11-8/h3-4,7,10H,5-6,9H2,1-2H3. The van der Waals surface area contributed by atoms with Gasteiger partial charge >= 0.3 is 0 Å². The monoisotopic (exact) mass is 232 g/mol. The topological polar surface area (TPSA) is 90.0 Å². The zero-order valence-corrected chi connectivity index (χ0v) is 9.66. The van der Waals surface area contributed by atoms with Crippen LogP contribution in [-0.2, 0) is 23.6 Å². The van der Waals surface area contributed by atoms with Crippen molar-refractivity contribution in [1.82, 2.24) is 14.5 Å². The first kappa shape index (κ1) is 12.2. The summed E-state index contributed by atoms with van der Waals surface area (Å²) in [6.07, 6.45) is 1.76. The highest BCUT2D eigenvalue weighted by Gasteiger charge is 2.18. The number of nitrogens with two attached hydrogens (primary N) is 1. The Kier molecular flexibility index (Phi) is 3.83. The third-order valence-electron chi connectivity index (χ3n) is 2.08. The van der Waals surface area contributed by atoms with Gasteiger partial charge in [-0.2, -0.15) is 5.10 Å². The van der Waals surface area contributed by atoms with Crippen LogP contribution in [0.3, 0.4) is 0 Å². The van der Waals surface area contributed by atoms with Crippen LogP contribution in [0.2, 0.25) is 0 Å². The van der Waals surface area contributed by atoms with Gasteiger partial charge in [0.05, 0.1) is 17.5 Å². The molecule has 0 aliphatic carbocycles. The maximum absolute atomic E-state index is 11.5. The first-order chi connectivity index (χ1) is 6.95. The second kappa shape index (κ2) is 4.73. The van der Waals surface area contributed by atoms with Gasteiger partial charge in [-0.1, -0.05) is 0 Å². The van der Waals surface area contributed by atoms with Crippen LogP contribution in [0, 0.1) is 0 Å². The molecule has 3 N–H and O–H groups in total. The average Bonchev–Trinajstić information content (AvgIpc) is 2.60. The molecule has 0 aromatic carbocycles. The maximum atomic E-state index is 11.5. The molecule has 1 rings (SSSR count). The van der Waals surface area contributed by atoms with Gasteiger partial charge in [0.1, 0.15) is 0 Å². The molecule has 0 saturated heterocycles. The van der Waals surface area contributed by atoms with Crippen LogP contribution < -0.4 is 10.5 Å². The molecule has 0 radical (unpaired) electrons. The second-order valence-electron chi connectivity index (χ2n) is 3.39. The van der Waals surface area contributed by atoms with E-state index in [1.165, 1.54) is 0 Å². The largest absolute Gasteiger partial charge is 0.329 e. The lowest BCUT2D eigenvalue weighted by atomic mass is 10.4. The van der Waals surface area contributed by atoms with E-state index in [0.717, 1.165) is 0 Å². The molecule has 86 valence electrons. The molecule has 1 aromatic rings. The van der Waals surface area contributed by atoms with Crippen molar-refractivity contribution in [2.24, 2.45) is 12.8 Å². The smallest absolute Gasteiger partial charge is 0.215 e. The van der Waals surface area contributed by atoms with Gasteiger partial charge in [0.15, 0.2) is 0 Å². The number of aryl methyl sites for hydroxylation is 1. The number of nitrogens with one attached hydrogen (secondary N) is 1. The predicted molar refractivity (Wildman–Crippen MR) is 57.5 cm³/mol. The zero-order valence-electron chi connectivity index (χ0n) is 8.84. The molecule has 1 heterocycles. The van der Waals surface area contributed by atoms with Crippen LogP contribution in [0.4, 0.5) is 0 Å². The van der Waals surface area contributed by atoms with Crippen LogP contribution >= 0.6 is 0 Å². The Morgan fingerprint density at radius 1 is 1.67 bits per heavy atom. The molecule has 0 aliphatic heterocycles. The van der Waals surface area contributed by atoms with Crippen molar-refractivity contribution in [1.29, 1.82) is 0 Å². The minimum Gasteiger partial charge on any atom is -0.329 e. The highest BCUT2D eigenvalue weighted by Crippen LogP contribution is 1.99. The van der Waals surface area contributed by atoms with E-state index < -0.39 is 15.3 Å². The number of hydrogen-bond acceptors (Lipinski definition) is 4. The van der Waals surface area contributed by atoms with Gasteiger partial charge in [-0.3, -0.25) is 4.68 Å². The zero-order chi connectivity index (χ0) is 11.5. The number of nitrogens with zero attached hydrogens (tertiary/aromatic N) is 2. The Balaban J connectivity index is 2.57.